The summed E-state index contributed by atoms with van der Waals surface area (Å²) < 4.78 is 1.50. The lowest BCUT2D eigenvalue weighted by atomic mass is 9.99. The maximum atomic E-state index is 12.4. The van der Waals surface area contributed by atoms with Gasteiger partial charge in [0.15, 0.2) is 0 Å². The summed E-state index contributed by atoms with van der Waals surface area (Å²) in [7, 11) is 1.64. The van der Waals surface area contributed by atoms with Gasteiger partial charge in [0.2, 0.25) is 0 Å². The summed E-state index contributed by atoms with van der Waals surface area (Å²) in [6, 6.07) is 1.51. The third-order valence-electron chi connectivity index (χ3n) is 3.60. The van der Waals surface area contributed by atoms with E-state index in [0.717, 1.165) is 12.8 Å². The number of nitro groups is 1. The van der Waals surface area contributed by atoms with E-state index in [1.807, 2.05) is 6.92 Å². The van der Waals surface area contributed by atoms with Crippen molar-refractivity contribution in [2.45, 2.75) is 31.8 Å². The van der Waals surface area contributed by atoms with Crippen molar-refractivity contribution in [1.82, 2.24) is 9.47 Å². The lowest BCUT2D eigenvalue weighted by molar-refractivity contribution is -0.384. The van der Waals surface area contributed by atoms with Crippen LogP contribution in [0.3, 0.4) is 0 Å². The van der Waals surface area contributed by atoms with Crippen molar-refractivity contribution in [1.29, 1.82) is 0 Å². The Kier molecular flexibility index (Phi) is 3.57. The van der Waals surface area contributed by atoms with Crippen LogP contribution in [-0.4, -0.2) is 38.9 Å². The average Bonchev–Trinajstić information content (AvgIpc) is 2.71. The van der Waals surface area contributed by atoms with E-state index in [-0.39, 0.29) is 23.7 Å². The molecular weight excluding hydrogens is 248 g/mol. The molecular formula is C12H18N4O3. The zero-order chi connectivity index (χ0) is 14.2. The molecule has 0 radical (unpaired) electrons. The van der Waals surface area contributed by atoms with Crippen molar-refractivity contribution in [3.8, 4) is 0 Å². The first-order chi connectivity index (χ1) is 8.90. The number of amides is 1. The molecule has 0 saturated carbocycles. The maximum Gasteiger partial charge on any atom is 0.287 e. The molecule has 1 aliphatic rings. The molecule has 2 rings (SSSR count). The summed E-state index contributed by atoms with van der Waals surface area (Å²) in [5.41, 5.74) is 6.15. The third kappa shape index (κ3) is 2.60. The van der Waals surface area contributed by atoms with Crippen molar-refractivity contribution in [2.75, 3.05) is 6.54 Å². The smallest absolute Gasteiger partial charge is 0.287 e. The van der Waals surface area contributed by atoms with E-state index in [4.69, 9.17) is 5.73 Å². The van der Waals surface area contributed by atoms with Crippen LogP contribution in [0.5, 0.6) is 0 Å². The molecule has 19 heavy (non-hydrogen) atoms. The van der Waals surface area contributed by atoms with Crippen LogP contribution in [0.1, 0.15) is 30.3 Å². The molecule has 7 nitrogen and oxygen atoms in total. The van der Waals surface area contributed by atoms with Gasteiger partial charge in [-0.2, -0.15) is 0 Å². The van der Waals surface area contributed by atoms with E-state index >= 15 is 0 Å². The Morgan fingerprint density at radius 3 is 2.79 bits per heavy atom. The number of hydrogen-bond acceptors (Lipinski definition) is 4. The van der Waals surface area contributed by atoms with Crippen LogP contribution in [0.2, 0.25) is 0 Å². The third-order valence-corrected chi connectivity index (χ3v) is 3.60. The van der Waals surface area contributed by atoms with Crippen molar-refractivity contribution in [2.24, 2.45) is 12.8 Å². The van der Waals surface area contributed by atoms with Crippen LogP contribution in [0, 0.1) is 10.1 Å². The van der Waals surface area contributed by atoms with E-state index in [1.54, 1.807) is 11.9 Å². The lowest BCUT2D eigenvalue weighted by Gasteiger charge is -2.36. The Morgan fingerprint density at radius 2 is 2.26 bits per heavy atom. The fourth-order valence-corrected chi connectivity index (χ4v) is 2.52. The molecule has 1 aromatic heterocycles. The fraction of sp³-hybridized carbons (Fsp3) is 0.583. The molecule has 0 aromatic carbocycles. The summed E-state index contributed by atoms with van der Waals surface area (Å²) in [5, 5.41) is 10.7. The highest BCUT2D eigenvalue weighted by Crippen LogP contribution is 2.21. The molecule has 1 aliphatic heterocycles. The predicted octanol–water partition coefficient (Wildman–Crippen LogP) is 0.885. The highest BCUT2D eigenvalue weighted by Gasteiger charge is 2.30. The zero-order valence-corrected chi connectivity index (χ0v) is 11.1. The molecule has 1 aromatic rings. The quantitative estimate of drug-likeness (QED) is 0.635. The summed E-state index contributed by atoms with van der Waals surface area (Å²) >= 11 is 0. The molecule has 0 bridgehead atoms. The largest absolute Gasteiger partial charge is 0.340 e. The molecule has 0 aliphatic carbocycles. The van der Waals surface area contributed by atoms with Crippen LogP contribution >= 0.6 is 0 Å². The SMILES string of the molecule is CC1CC(N)CCN1C(=O)c1cc([N+](=O)[O-])cn1C. The number of aromatic nitrogens is 1. The first-order valence-electron chi connectivity index (χ1n) is 6.27. The van der Waals surface area contributed by atoms with E-state index in [1.165, 1.54) is 16.8 Å². The van der Waals surface area contributed by atoms with Gasteiger partial charge in [0.05, 0.1) is 11.1 Å². The molecule has 2 atom stereocenters. The fourth-order valence-electron chi connectivity index (χ4n) is 2.52. The highest BCUT2D eigenvalue weighted by molar-refractivity contribution is 5.93. The van der Waals surface area contributed by atoms with Gasteiger partial charge in [-0.3, -0.25) is 14.9 Å². The van der Waals surface area contributed by atoms with Crippen molar-refractivity contribution < 1.29 is 9.72 Å². The number of hydrogen-bond donors (Lipinski definition) is 1. The normalized spacial score (nSPS) is 23.4. The Morgan fingerprint density at radius 1 is 1.58 bits per heavy atom. The molecule has 1 saturated heterocycles. The van der Waals surface area contributed by atoms with E-state index in [0.29, 0.717) is 12.2 Å². The van der Waals surface area contributed by atoms with Gasteiger partial charge in [-0.05, 0) is 19.8 Å². The highest BCUT2D eigenvalue weighted by atomic mass is 16.6. The minimum Gasteiger partial charge on any atom is -0.340 e. The molecule has 2 unspecified atom stereocenters. The topological polar surface area (TPSA) is 94.4 Å². The van der Waals surface area contributed by atoms with Crippen LogP contribution in [-0.2, 0) is 7.05 Å². The Labute approximate surface area is 111 Å². The first-order valence-corrected chi connectivity index (χ1v) is 6.27. The van der Waals surface area contributed by atoms with Crippen molar-refractivity contribution >= 4 is 11.6 Å². The second-order valence-electron chi connectivity index (χ2n) is 5.08. The van der Waals surface area contributed by atoms with Gasteiger partial charge in [0.25, 0.3) is 11.6 Å². The zero-order valence-electron chi connectivity index (χ0n) is 11.1. The summed E-state index contributed by atoms with van der Waals surface area (Å²) in [6.07, 6.45) is 2.88. The molecule has 0 spiro atoms. The second-order valence-corrected chi connectivity index (χ2v) is 5.08. The number of aryl methyl sites for hydroxylation is 1. The van der Waals surface area contributed by atoms with Gasteiger partial charge in [-0.25, -0.2) is 0 Å². The van der Waals surface area contributed by atoms with Crippen molar-refractivity contribution in [3.63, 3.8) is 0 Å². The van der Waals surface area contributed by atoms with Gasteiger partial charge < -0.3 is 15.2 Å². The summed E-state index contributed by atoms with van der Waals surface area (Å²) in [4.78, 5) is 24.4. The number of piperidine rings is 1. The molecule has 104 valence electrons. The number of carbonyl (C=O) groups excluding carboxylic acids is 1. The standard InChI is InChI=1S/C12H18N4O3/c1-8-5-9(13)3-4-15(8)12(17)11-6-10(16(18)19)7-14(11)2/h6-9H,3-5,13H2,1-2H3. The van der Waals surface area contributed by atoms with Gasteiger partial charge in [-0.15, -0.1) is 0 Å². The van der Waals surface area contributed by atoms with E-state index < -0.39 is 4.92 Å². The molecule has 2 N–H and O–H groups in total. The van der Waals surface area contributed by atoms with Gasteiger partial charge in [-0.1, -0.05) is 0 Å². The predicted molar refractivity (Wildman–Crippen MR) is 69.8 cm³/mol. The van der Waals surface area contributed by atoms with Gasteiger partial charge >= 0.3 is 0 Å². The monoisotopic (exact) mass is 266 g/mol. The van der Waals surface area contributed by atoms with E-state index in [2.05, 4.69) is 0 Å². The maximum absolute atomic E-state index is 12.4. The Hall–Kier alpha value is -1.89. The molecule has 1 amide bonds. The average molecular weight is 266 g/mol. The number of likely N-dealkylation sites (tertiary alicyclic amines) is 1. The van der Waals surface area contributed by atoms with Crippen LogP contribution in [0.4, 0.5) is 5.69 Å². The molecule has 2 heterocycles. The van der Waals surface area contributed by atoms with E-state index in [9.17, 15) is 14.9 Å². The summed E-state index contributed by atoms with van der Waals surface area (Å²) in [6.45, 7) is 2.55. The van der Waals surface area contributed by atoms with Crippen LogP contribution in [0.25, 0.3) is 0 Å². The first kappa shape index (κ1) is 13.5. The second kappa shape index (κ2) is 5.00. The Balaban J connectivity index is 2.22. The van der Waals surface area contributed by atoms with Crippen LogP contribution < -0.4 is 5.73 Å². The van der Waals surface area contributed by atoms with Gasteiger partial charge in [0.1, 0.15) is 5.69 Å². The number of nitrogens with zero attached hydrogens (tertiary/aromatic N) is 3. The van der Waals surface area contributed by atoms with Gasteiger partial charge in [0, 0.05) is 31.7 Å². The minimum atomic E-state index is -0.494. The molecule has 1 fully saturated rings. The number of nitrogens with two attached hydrogens (primary N) is 1. The lowest BCUT2D eigenvalue weighted by Crippen LogP contribution is -2.48. The molecule has 7 heteroatoms. The van der Waals surface area contributed by atoms with Crippen molar-refractivity contribution in [3.05, 3.63) is 28.1 Å². The number of carbonyl (C=O) groups is 1. The summed E-state index contributed by atoms with van der Waals surface area (Å²) in [5.74, 6) is -0.171. The number of rotatable bonds is 2. The van der Waals surface area contributed by atoms with Crippen LogP contribution in [0.15, 0.2) is 12.3 Å². The minimum absolute atomic E-state index is 0.0604. The Bertz CT molecular complexity index is 511.